The van der Waals surface area contributed by atoms with Gasteiger partial charge in [-0.3, -0.25) is 4.79 Å². The number of amides is 1. The first-order chi connectivity index (χ1) is 11.6. The van der Waals surface area contributed by atoms with Gasteiger partial charge in [0.1, 0.15) is 0 Å². The molecule has 3 aromatic rings. The van der Waals surface area contributed by atoms with Crippen LogP contribution in [0, 0.1) is 0 Å². The summed E-state index contributed by atoms with van der Waals surface area (Å²) >= 11 is 0. The van der Waals surface area contributed by atoms with Gasteiger partial charge in [-0.2, -0.15) is 0 Å². The van der Waals surface area contributed by atoms with Crippen molar-refractivity contribution in [2.75, 3.05) is 6.61 Å². The zero-order valence-electron chi connectivity index (χ0n) is 13.8. The third kappa shape index (κ3) is 2.14. The molecule has 0 radical (unpaired) electrons. The molecule has 1 aliphatic rings. The smallest absolute Gasteiger partial charge is 0.256 e. The number of aromatic nitrogens is 3. The Morgan fingerprint density at radius 1 is 1.29 bits per heavy atom. The molecule has 2 aromatic heterocycles. The van der Waals surface area contributed by atoms with Crippen molar-refractivity contribution in [2.24, 2.45) is 14.1 Å². The minimum atomic E-state index is -0.223. The molecular weight excluding hydrogens is 304 g/mol. The first-order valence-electron chi connectivity index (χ1n) is 8.05. The molecule has 4 rings (SSSR count). The number of hydrogen-bond donors (Lipinski definition) is 1. The van der Waals surface area contributed by atoms with Crippen LogP contribution in [0.3, 0.4) is 0 Å². The summed E-state index contributed by atoms with van der Waals surface area (Å²) in [6.07, 6.45) is 4.26. The summed E-state index contributed by atoms with van der Waals surface area (Å²) < 4.78 is 3.93. The molecule has 6 nitrogen and oxygen atoms in total. The van der Waals surface area contributed by atoms with Gasteiger partial charge < -0.3 is 19.1 Å². The lowest BCUT2D eigenvalue weighted by molar-refractivity contribution is 0.0538. The van der Waals surface area contributed by atoms with Gasteiger partial charge in [0.2, 0.25) is 0 Å². The molecule has 1 amide bonds. The van der Waals surface area contributed by atoms with E-state index in [0.717, 1.165) is 22.3 Å². The van der Waals surface area contributed by atoms with Crippen molar-refractivity contribution in [2.45, 2.75) is 19.0 Å². The number of aliphatic hydroxyl groups excluding tert-OH is 1. The van der Waals surface area contributed by atoms with Gasteiger partial charge in [0.15, 0.2) is 0 Å². The summed E-state index contributed by atoms with van der Waals surface area (Å²) in [6, 6.07) is 7.65. The number of imidazole rings is 1. The van der Waals surface area contributed by atoms with Crippen molar-refractivity contribution in [3.05, 3.63) is 53.7 Å². The SMILES string of the molecule is Cn1cnc2c1C[C@H](CO)N(C(=O)c1cn(C)c3ccccc13)C2. The molecule has 6 heteroatoms. The zero-order valence-corrected chi connectivity index (χ0v) is 13.8. The molecule has 0 unspecified atom stereocenters. The van der Waals surface area contributed by atoms with Crippen molar-refractivity contribution in [3.8, 4) is 0 Å². The average Bonchev–Trinajstić information content (AvgIpc) is 3.14. The Morgan fingerprint density at radius 2 is 2.08 bits per heavy atom. The topological polar surface area (TPSA) is 63.3 Å². The Labute approximate surface area is 139 Å². The summed E-state index contributed by atoms with van der Waals surface area (Å²) in [5, 5.41) is 10.7. The lowest BCUT2D eigenvalue weighted by Gasteiger charge is -2.34. The molecule has 0 fully saturated rings. The van der Waals surface area contributed by atoms with Crippen LogP contribution in [-0.4, -0.2) is 42.7 Å². The number of rotatable bonds is 2. The number of aryl methyl sites for hydroxylation is 2. The number of nitrogens with zero attached hydrogens (tertiary/aromatic N) is 4. The fourth-order valence-corrected chi connectivity index (χ4v) is 3.59. The van der Waals surface area contributed by atoms with E-state index < -0.39 is 0 Å². The monoisotopic (exact) mass is 324 g/mol. The van der Waals surface area contributed by atoms with E-state index in [1.807, 2.05) is 53.7 Å². The first kappa shape index (κ1) is 15.0. The largest absolute Gasteiger partial charge is 0.394 e. The quantitative estimate of drug-likeness (QED) is 0.776. The fraction of sp³-hybridized carbons (Fsp3) is 0.333. The Morgan fingerprint density at radius 3 is 2.88 bits per heavy atom. The van der Waals surface area contributed by atoms with Gasteiger partial charge in [0.25, 0.3) is 5.91 Å². The van der Waals surface area contributed by atoms with Gasteiger partial charge in [0, 0.05) is 43.3 Å². The Balaban J connectivity index is 1.75. The highest BCUT2D eigenvalue weighted by atomic mass is 16.3. The van der Waals surface area contributed by atoms with Crippen LogP contribution in [0.25, 0.3) is 10.9 Å². The van der Waals surface area contributed by atoms with E-state index in [9.17, 15) is 9.90 Å². The lowest BCUT2D eigenvalue weighted by Crippen LogP contribution is -2.46. The molecule has 0 saturated carbocycles. The number of para-hydroxylation sites is 1. The average molecular weight is 324 g/mol. The molecule has 1 aromatic carbocycles. The van der Waals surface area contributed by atoms with Crippen molar-refractivity contribution in [3.63, 3.8) is 0 Å². The van der Waals surface area contributed by atoms with Gasteiger partial charge in [-0.1, -0.05) is 18.2 Å². The van der Waals surface area contributed by atoms with E-state index in [-0.39, 0.29) is 18.6 Å². The number of carbonyl (C=O) groups is 1. The number of fused-ring (bicyclic) bond motifs is 2. The Kier molecular flexibility index (Phi) is 3.42. The fourth-order valence-electron chi connectivity index (χ4n) is 3.59. The standard InChI is InChI=1S/C18H20N4O2/c1-20-8-14(13-5-3-4-6-16(13)20)18(24)22-9-15-17(7-12(22)10-23)21(2)11-19-15/h3-6,8,11-12,23H,7,9-10H2,1-2H3/t12-/m1/s1. The van der Waals surface area contributed by atoms with Crippen molar-refractivity contribution in [1.82, 2.24) is 19.0 Å². The Bertz CT molecular complexity index is 924. The third-order valence-electron chi connectivity index (χ3n) is 4.93. The lowest BCUT2D eigenvalue weighted by atomic mass is 10.0. The molecule has 0 bridgehead atoms. The van der Waals surface area contributed by atoms with Crippen LogP contribution in [-0.2, 0) is 27.1 Å². The van der Waals surface area contributed by atoms with Crippen molar-refractivity contribution < 1.29 is 9.90 Å². The van der Waals surface area contributed by atoms with Crippen LogP contribution in [0.4, 0.5) is 0 Å². The number of aliphatic hydroxyl groups is 1. The molecule has 3 heterocycles. The second-order valence-corrected chi connectivity index (χ2v) is 6.39. The summed E-state index contributed by atoms with van der Waals surface area (Å²) in [6.45, 7) is 0.380. The molecule has 0 spiro atoms. The molecule has 1 N–H and O–H groups in total. The van der Waals surface area contributed by atoms with Gasteiger partial charge in [0.05, 0.1) is 36.8 Å². The predicted molar refractivity (Wildman–Crippen MR) is 90.6 cm³/mol. The maximum Gasteiger partial charge on any atom is 0.256 e. The van der Waals surface area contributed by atoms with Gasteiger partial charge in [-0.05, 0) is 6.07 Å². The number of benzene rings is 1. The number of hydrogen-bond acceptors (Lipinski definition) is 3. The molecule has 1 aliphatic heterocycles. The van der Waals surface area contributed by atoms with Crippen LogP contribution >= 0.6 is 0 Å². The van der Waals surface area contributed by atoms with Crippen LogP contribution < -0.4 is 0 Å². The van der Waals surface area contributed by atoms with Crippen LogP contribution in [0.5, 0.6) is 0 Å². The highest BCUT2D eigenvalue weighted by Crippen LogP contribution is 2.27. The summed E-state index contributed by atoms with van der Waals surface area (Å²) in [5.41, 5.74) is 3.70. The molecule has 0 saturated heterocycles. The molecule has 24 heavy (non-hydrogen) atoms. The van der Waals surface area contributed by atoms with Crippen molar-refractivity contribution in [1.29, 1.82) is 0 Å². The van der Waals surface area contributed by atoms with E-state index in [2.05, 4.69) is 4.98 Å². The van der Waals surface area contributed by atoms with E-state index in [0.29, 0.717) is 18.5 Å². The second-order valence-electron chi connectivity index (χ2n) is 6.39. The van der Waals surface area contributed by atoms with Crippen molar-refractivity contribution >= 4 is 16.8 Å². The zero-order chi connectivity index (χ0) is 16.8. The van der Waals surface area contributed by atoms with E-state index in [1.165, 1.54) is 0 Å². The minimum absolute atomic E-state index is 0.0536. The van der Waals surface area contributed by atoms with E-state index in [1.54, 1.807) is 11.2 Å². The van der Waals surface area contributed by atoms with Gasteiger partial charge in [-0.25, -0.2) is 4.98 Å². The third-order valence-corrected chi connectivity index (χ3v) is 4.93. The normalized spacial score (nSPS) is 17.3. The van der Waals surface area contributed by atoms with Gasteiger partial charge >= 0.3 is 0 Å². The van der Waals surface area contributed by atoms with E-state index >= 15 is 0 Å². The second kappa shape index (κ2) is 5.49. The molecular formula is C18H20N4O2. The summed E-state index contributed by atoms with van der Waals surface area (Å²) in [7, 11) is 3.89. The Hall–Kier alpha value is -2.60. The number of carbonyl (C=O) groups excluding carboxylic acids is 1. The summed E-state index contributed by atoms with van der Waals surface area (Å²) in [5.74, 6) is -0.0536. The molecule has 1 atom stereocenters. The maximum absolute atomic E-state index is 13.2. The van der Waals surface area contributed by atoms with Crippen LogP contribution in [0.2, 0.25) is 0 Å². The molecule has 124 valence electrons. The predicted octanol–water partition coefficient (Wildman–Crippen LogP) is 1.47. The first-order valence-corrected chi connectivity index (χ1v) is 8.05. The summed E-state index contributed by atoms with van der Waals surface area (Å²) in [4.78, 5) is 19.3. The highest BCUT2D eigenvalue weighted by Gasteiger charge is 2.33. The highest BCUT2D eigenvalue weighted by molar-refractivity contribution is 6.07. The van der Waals surface area contributed by atoms with Crippen LogP contribution in [0.1, 0.15) is 21.7 Å². The molecule has 0 aliphatic carbocycles. The van der Waals surface area contributed by atoms with Crippen LogP contribution in [0.15, 0.2) is 36.8 Å². The minimum Gasteiger partial charge on any atom is -0.394 e. The maximum atomic E-state index is 13.2. The van der Waals surface area contributed by atoms with E-state index in [4.69, 9.17) is 0 Å². The van der Waals surface area contributed by atoms with Gasteiger partial charge in [-0.15, -0.1) is 0 Å².